The van der Waals surface area contributed by atoms with Gasteiger partial charge >= 0.3 is 0 Å². The zero-order chi connectivity index (χ0) is 13.4. The molecule has 4 rings (SSSR count). The monoisotopic (exact) mass is 268 g/mol. The van der Waals surface area contributed by atoms with Crippen LogP contribution in [0.25, 0.3) is 10.9 Å². The van der Waals surface area contributed by atoms with Crippen molar-refractivity contribution >= 4 is 10.9 Å². The average molecular weight is 268 g/mol. The first kappa shape index (κ1) is 12.5. The van der Waals surface area contributed by atoms with E-state index in [1.165, 1.54) is 49.6 Å². The fourth-order valence-corrected chi connectivity index (χ4v) is 3.48. The molecule has 0 spiro atoms. The first-order valence-corrected chi connectivity index (χ1v) is 8.19. The number of fused-ring (bicyclic) bond motifs is 1. The van der Waals surface area contributed by atoms with Crippen molar-refractivity contribution in [1.29, 1.82) is 0 Å². The Bertz CT molecular complexity index is 566. The lowest BCUT2D eigenvalue weighted by Gasteiger charge is -2.17. The van der Waals surface area contributed by atoms with Gasteiger partial charge in [-0.15, -0.1) is 0 Å². The van der Waals surface area contributed by atoms with E-state index in [2.05, 4.69) is 46.4 Å². The Labute approximate surface area is 121 Å². The van der Waals surface area contributed by atoms with E-state index < -0.39 is 0 Å². The van der Waals surface area contributed by atoms with Crippen molar-refractivity contribution in [2.24, 2.45) is 11.8 Å². The smallest absolute Gasteiger partial charge is 0.0480 e. The summed E-state index contributed by atoms with van der Waals surface area (Å²) in [5, 5.41) is 5.20. The Balaban J connectivity index is 1.30. The highest BCUT2D eigenvalue weighted by atomic mass is 15.0. The molecule has 2 aliphatic carbocycles. The minimum atomic E-state index is 0.844. The highest BCUT2D eigenvalue weighted by Gasteiger charge is 2.40. The largest absolute Gasteiger partial charge is 0.347 e. The maximum absolute atomic E-state index is 3.84. The summed E-state index contributed by atoms with van der Waals surface area (Å²) in [6.07, 6.45) is 9.33. The normalized spacial score (nSPS) is 19.1. The third-order valence-corrected chi connectivity index (χ3v) is 4.90. The molecular weight excluding hydrogens is 244 g/mol. The summed E-state index contributed by atoms with van der Waals surface area (Å²) in [5.41, 5.74) is 1.37. The van der Waals surface area contributed by atoms with Crippen LogP contribution in [0.4, 0.5) is 0 Å². The summed E-state index contributed by atoms with van der Waals surface area (Å²) in [5.74, 6) is 2.02. The lowest BCUT2D eigenvalue weighted by Crippen LogP contribution is -2.34. The molecule has 2 saturated carbocycles. The molecule has 2 aliphatic rings. The maximum Gasteiger partial charge on any atom is 0.0480 e. The Morgan fingerprint density at radius 3 is 2.55 bits per heavy atom. The molecule has 0 bridgehead atoms. The zero-order valence-corrected chi connectivity index (χ0v) is 12.1. The van der Waals surface area contributed by atoms with Gasteiger partial charge in [-0.2, -0.15) is 0 Å². The van der Waals surface area contributed by atoms with Gasteiger partial charge in [0.2, 0.25) is 0 Å². The minimum Gasteiger partial charge on any atom is -0.347 e. The van der Waals surface area contributed by atoms with Gasteiger partial charge in [0.1, 0.15) is 0 Å². The van der Waals surface area contributed by atoms with Crippen LogP contribution < -0.4 is 5.32 Å². The highest BCUT2D eigenvalue weighted by molar-refractivity contribution is 5.79. The maximum atomic E-state index is 3.84. The lowest BCUT2D eigenvalue weighted by molar-refractivity contribution is 0.408. The SMILES string of the molecule is c1ccc2c(c1)ccn2CCCNC(C1CC1)C1CC1. The number of aryl methyl sites for hydroxylation is 1. The van der Waals surface area contributed by atoms with Crippen LogP contribution in [0.3, 0.4) is 0 Å². The first-order chi connectivity index (χ1) is 9.92. The quantitative estimate of drug-likeness (QED) is 0.756. The van der Waals surface area contributed by atoms with Gasteiger partial charge in [-0.25, -0.2) is 0 Å². The van der Waals surface area contributed by atoms with E-state index in [1.807, 2.05) is 0 Å². The molecule has 0 radical (unpaired) electrons. The van der Waals surface area contributed by atoms with Crippen LogP contribution in [0.2, 0.25) is 0 Å². The van der Waals surface area contributed by atoms with Gasteiger partial charge < -0.3 is 9.88 Å². The molecule has 2 aromatic rings. The van der Waals surface area contributed by atoms with Crippen LogP contribution in [0.5, 0.6) is 0 Å². The van der Waals surface area contributed by atoms with Crippen molar-refractivity contribution in [2.45, 2.75) is 44.7 Å². The fourth-order valence-electron chi connectivity index (χ4n) is 3.48. The van der Waals surface area contributed by atoms with Crippen molar-refractivity contribution in [3.8, 4) is 0 Å². The number of benzene rings is 1. The van der Waals surface area contributed by atoms with Gasteiger partial charge in [-0.3, -0.25) is 0 Å². The minimum absolute atomic E-state index is 0.844. The highest BCUT2D eigenvalue weighted by Crippen LogP contribution is 2.44. The van der Waals surface area contributed by atoms with Crippen LogP contribution in [0.15, 0.2) is 36.5 Å². The number of hydrogen-bond donors (Lipinski definition) is 1. The van der Waals surface area contributed by atoms with Crippen LogP contribution >= 0.6 is 0 Å². The molecule has 1 N–H and O–H groups in total. The van der Waals surface area contributed by atoms with E-state index in [0.717, 1.165) is 24.4 Å². The predicted molar refractivity (Wildman–Crippen MR) is 83.8 cm³/mol. The van der Waals surface area contributed by atoms with E-state index in [-0.39, 0.29) is 0 Å². The third kappa shape index (κ3) is 2.62. The van der Waals surface area contributed by atoms with Crippen LogP contribution in [0.1, 0.15) is 32.1 Å². The summed E-state index contributed by atoms with van der Waals surface area (Å²) >= 11 is 0. The molecule has 0 unspecified atom stereocenters. The van der Waals surface area contributed by atoms with Gasteiger partial charge in [0.05, 0.1) is 0 Å². The first-order valence-electron chi connectivity index (χ1n) is 8.19. The molecule has 0 atom stereocenters. The number of nitrogens with zero attached hydrogens (tertiary/aromatic N) is 1. The predicted octanol–water partition coefficient (Wildman–Crippen LogP) is 3.81. The van der Waals surface area contributed by atoms with Gasteiger partial charge in [0, 0.05) is 24.3 Å². The van der Waals surface area contributed by atoms with Crippen LogP contribution in [0, 0.1) is 11.8 Å². The number of rotatable bonds is 7. The lowest BCUT2D eigenvalue weighted by atomic mass is 10.1. The van der Waals surface area contributed by atoms with Crippen molar-refractivity contribution < 1.29 is 0 Å². The third-order valence-electron chi connectivity index (χ3n) is 4.90. The second-order valence-electron chi connectivity index (χ2n) is 6.58. The molecule has 0 aliphatic heterocycles. The molecule has 0 amide bonds. The topological polar surface area (TPSA) is 17.0 Å². The van der Waals surface area contributed by atoms with Crippen LogP contribution in [-0.2, 0) is 6.54 Å². The molecule has 2 heteroatoms. The number of nitrogens with one attached hydrogen (secondary N) is 1. The molecule has 2 fully saturated rings. The summed E-state index contributed by atoms with van der Waals surface area (Å²) in [7, 11) is 0. The van der Waals surface area contributed by atoms with E-state index in [1.54, 1.807) is 0 Å². The Morgan fingerprint density at radius 1 is 1.05 bits per heavy atom. The molecule has 1 aromatic carbocycles. The van der Waals surface area contributed by atoms with Crippen LogP contribution in [-0.4, -0.2) is 17.2 Å². The van der Waals surface area contributed by atoms with E-state index in [4.69, 9.17) is 0 Å². The molecular formula is C18H24N2. The van der Waals surface area contributed by atoms with Gasteiger partial charge in [0.15, 0.2) is 0 Å². The number of aromatic nitrogens is 1. The molecule has 106 valence electrons. The van der Waals surface area contributed by atoms with E-state index >= 15 is 0 Å². The Hall–Kier alpha value is -1.28. The average Bonchev–Trinajstić information content (AvgIpc) is 3.38. The van der Waals surface area contributed by atoms with Gasteiger partial charge in [-0.05, 0) is 68.0 Å². The van der Waals surface area contributed by atoms with E-state index in [0.29, 0.717) is 0 Å². The second-order valence-corrected chi connectivity index (χ2v) is 6.58. The Morgan fingerprint density at radius 2 is 1.80 bits per heavy atom. The van der Waals surface area contributed by atoms with Crippen molar-refractivity contribution in [2.75, 3.05) is 6.54 Å². The summed E-state index contributed by atoms with van der Waals surface area (Å²) < 4.78 is 2.39. The summed E-state index contributed by atoms with van der Waals surface area (Å²) in [4.78, 5) is 0. The molecule has 20 heavy (non-hydrogen) atoms. The summed E-state index contributed by atoms with van der Waals surface area (Å²) in [6.45, 7) is 2.30. The van der Waals surface area contributed by atoms with Gasteiger partial charge in [0.25, 0.3) is 0 Å². The molecule has 2 nitrogen and oxygen atoms in total. The number of para-hydroxylation sites is 1. The summed E-state index contributed by atoms with van der Waals surface area (Å²) in [6, 6.07) is 11.7. The van der Waals surface area contributed by atoms with E-state index in [9.17, 15) is 0 Å². The standard InChI is InChI=1S/C18H24N2/c1-2-5-17-14(4-1)10-13-20(17)12-3-11-19-18(15-6-7-15)16-8-9-16/h1-2,4-5,10,13,15-16,18-19H,3,6-9,11-12H2. The van der Waals surface area contributed by atoms with Gasteiger partial charge in [-0.1, -0.05) is 18.2 Å². The van der Waals surface area contributed by atoms with Crippen molar-refractivity contribution in [3.05, 3.63) is 36.5 Å². The zero-order valence-electron chi connectivity index (χ0n) is 12.1. The second kappa shape index (κ2) is 5.25. The fraction of sp³-hybridized carbons (Fsp3) is 0.556. The molecule has 1 aromatic heterocycles. The number of hydrogen-bond acceptors (Lipinski definition) is 1. The van der Waals surface area contributed by atoms with Crippen molar-refractivity contribution in [3.63, 3.8) is 0 Å². The van der Waals surface area contributed by atoms with Crippen molar-refractivity contribution in [1.82, 2.24) is 9.88 Å². The molecule has 0 saturated heterocycles. The molecule has 1 heterocycles. The Kier molecular flexibility index (Phi) is 3.27.